The fourth-order valence-corrected chi connectivity index (χ4v) is 2.55. The zero-order valence-electron chi connectivity index (χ0n) is 10.0. The summed E-state index contributed by atoms with van der Waals surface area (Å²) >= 11 is 0. The van der Waals surface area contributed by atoms with Gasteiger partial charge in [0.1, 0.15) is 0 Å². The number of H-pyrrole nitrogens is 1. The van der Waals surface area contributed by atoms with Crippen LogP contribution >= 0.6 is 0 Å². The van der Waals surface area contributed by atoms with Gasteiger partial charge in [0, 0.05) is 24.9 Å². The highest BCUT2D eigenvalue weighted by molar-refractivity contribution is 4.94. The SMILES string of the molecule is c1ncc(CCNCCC2CCCCC2)[nH]1. The Morgan fingerprint density at radius 1 is 1.25 bits per heavy atom. The number of nitrogens with zero attached hydrogens (tertiary/aromatic N) is 1. The van der Waals surface area contributed by atoms with Crippen LogP contribution in [0.15, 0.2) is 12.5 Å². The predicted molar refractivity (Wildman–Crippen MR) is 66.4 cm³/mol. The number of rotatable bonds is 6. The van der Waals surface area contributed by atoms with E-state index in [-0.39, 0.29) is 0 Å². The van der Waals surface area contributed by atoms with E-state index in [1.807, 2.05) is 6.20 Å². The largest absolute Gasteiger partial charge is 0.348 e. The van der Waals surface area contributed by atoms with Crippen LogP contribution in [0.4, 0.5) is 0 Å². The van der Waals surface area contributed by atoms with E-state index in [1.165, 1.54) is 50.8 Å². The van der Waals surface area contributed by atoms with E-state index in [9.17, 15) is 0 Å². The lowest BCUT2D eigenvalue weighted by atomic mass is 9.87. The molecule has 1 heterocycles. The monoisotopic (exact) mass is 221 g/mol. The van der Waals surface area contributed by atoms with Gasteiger partial charge in [-0.1, -0.05) is 32.1 Å². The predicted octanol–water partition coefficient (Wildman–Crippen LogP) is 2.51. The molecular formula is C13H23N3. The molecule has 0 spiro atoms. The first kappa shape index (κ1) is 11.6. The summed E-state index contributed by atoms with van der Waals surface area (Å²) in [6, 6.07) is 0. The number of aromatic nitrogens is 2. The lowest BCUT2D eigenvalue weighted by Crippen LogP contribution is -2.21. The van der Waals surface area contributed by atoms with Crippen LogP contribution in [-0.4, -0.2) is 23.1 Å². The Labute approximate surface area is 98.1 Å². The summed E-state index contributed by atoms with van der Waals surface area (Å²) in [7, 11) is 0. The van der Waals surface area contributed by atoms with Gasteiger partial charge in [-0.2, -0.15) is 0 Å². The molecule has 1 fully saturated rings. The third-order valence-electron chi connectivity index (χ3n) is 3.58. The van der Waals surface area contributed by atoms with Crippen LogP contribution in [0, 0.1) is 5.92 Å². The fourth-order valence-electron chi connectivity index (χ4n) is 2.55. The highest BCUT2D eigenvalue weighted by Gasteiger charge is 2.12. The summed E-state index contributed by atoms with van der Waals surface area (Å²) in [6.45, 7) is 2.24. The minimum Gasteiger partial charge on any atom is -0.348 e. The van der Waals surface area contributed by atoms with E-state index in [0.29, 0.717) is 0 Å². The van der Waals surface area contributed by atoms with Crippen molar-refractivity contribution in [1.82, 2.24) is 15.3 Å². The second-order valence-electron chi connectivity index (χ2n) is 4.87. The van der Waals surface area contributed by atoms with Gasteiger partial charge in [-0.3, -0.25) is 0 Å². The first-order chi connectivity index (χ1) is 7.95. The van der Waals surface area contributed by atoms with Gasteiger partial charge in [0.2, 0.25) is 0 Å². The quantitative estimate of drug-likeness (QED) is 0.725. The number of hydrogen-bond donors (Lipinski definition) is 2. The lowest BCUT2D eigenvalue weighted by Gasteiger charge is -2.21. The Morgan fingerprint density at radius 3 is 2.88 bits per heavy atom. The van der Waals surface area contributed by atoms with Crippen LogP contribution in [0.3, 0.4) is 0 Å². The van der Waals surface area contributed by atoms with Crippen LogP contribution in [-0.2, 0) is 6.42 Å². The molecule has 0 radical (unpaired) electrons. The molecule has 1 saturated carbocycles. The average Bonchev–Trinajstić information content (AvgIpc) is 2.83. The van der Waals surface area contributed by atoms with Crippen LogP contribution in [0.25, 0.3) is 0 Å². The van der Waals surface area contributed by atoms with Crippen molar-refractivity contribution in [2.75, 3.05) is 13.1 Å². The maximum Gasteiger partial charge on any atom is 0.0921 e. The Hall–Kier alpha value is -0.830. The average molecular weight is 221 g/mol. The van der Waals surface area contributed by atoms with Crippen LogP contribution in [0.5, 0.6) is 0 Å². The topological polar surface area (TPSA) is 40.7 Å². The molecule has 0 aromatic carbocycles. The summed E-state index contributed by atoms with van der Waals surface area (Å²) in [5, 5.41) is 3.52. The van der Waals surface area contributed by atoms with Gasteiger partial charge >= 0.3 is 0 Å². The first-order valence-electron chi connectivity index (χ1n) is 6.63. The van der Waals surface area contributed by atoms with Gasteiger partial charge in [-0.05, 0) is 18.9 Å². The molecule has 2 rings (SSSR count). The van der Waals surface area contributed by atoms with Gasteiger partial charge in [0.25, 0.3) is 0 Å². The van der Waals surface area contributed by atoms with Crippen molar-refractivity contribution in [1.29, 1.82) is 0 Å². The molecule has 0 unspecified atom stereocenters. The van der Waals surface area contributed by atoms with Crippen molar-refractivity contribution in [2.45, 2.75) is 44.9 Å². The minimum atomic E-state index is 0.994. The second-order valence-corrected chi connectivity index (χ2v) is 4.87. The van der Waals surface area contributed by atoms with E-state index < -0.39 is 0 Å². The van der Waals surface area contributed by atoms with Gasteiger partial charge in [-0.15, -0.1) is 0 Å². The summed E-state index contributed by atoms with van der Waals surface area (Å²) in [5.41, 5.74) is 1.23. The standard InChI is InChI=1S/C13H23N3/c1-2-4-12(5-3-1)6-8-14-9-7-13-10-15-11-16-13/h10-12,14H,1-9H2,(H,15,16). The Bertz CT molecular complexity index is 263. The molecule has 3 nitrogen and oxygen atoms in total. The summed E-state index contributed by atoms with van der Waals surface area (Å²) in [5.74, 6) is 0.994. The molecule has 90 valence electrons. The Kier molecular flexibility index (Phi) is 4.87. The molecular weight excluding hydrogens is 198 g/mol. The maximum absolute atomic E-state index is 4.01. The molecule has 16 heavy (non-hydrogen) atoms. The van der Waals surface area contributed by atoms with E-state index in [4.69, 9.17) is 0 Å². The van der Waals surface area contributed by atoms with Crippen molar-refractivity contribution in [3.05, 3.63) is 18.2 Å². The molecule has 0 bridgehead atoms. The lowest BCUT2D eigenvalue weighted by molar-refractivity contribution is 0.334. The first-order valence-corrected chi connectivity index (χ1v) is 6.63. The molecule has 2 N–H and O–H groups in total. The van der Waals surface area contributed by atoms with Gasteiger partial charge in [-0.25, -0.2) is 4.98 Å². The maximum atomic E-state index is 4.01. The zero-order chi connectivity index (χ0) is 11.1. The highest BCUT2D eigenvalue weighted by atomic mass is 14.9. The third-order valence-corrected chi connectivity index (χ3v) is 3.58. The van der Waals surface area contributed by atoms with Crippen molar-refractivity contribution in [2.24, 2.45) is 5.92 Å². The molecule has 1 aromatic rings. The number of aromatic amines is 1. The molecule has 0 atom stereocenters. The number of hydrogen-bond acceptors (Lipinski definition) is 2. The second kappa shape index (κ2) is 6.69. The third kappa shape index (κ3) is 3.97. The van der Waals surface area contributed by atoms with Crippen molar-refractivity contribution in [3.8, 4) is 0 Å². The van der Waals surface area contributed by atoms with E-state index >= 15 is 0 Å². The smallest absolute Gasteiger partial charge is 0.0921 e. The normalized spacial score (nSPS) is 17.8. The van der Waals surface area contributed by atoms with Crippen molar-refractivity contribution >= 4 is 0 Å². The molecule has 0 amide bonds. The molecule has 1 aliphatic rings. The molecule has 3 heteroatoms. The summed E-state index contributed by atoms with van der Waals surface area (Å²) in [4.78, 5) is 7.14. The van der Waals surface area contributed by atoms with Gasteiger partial charge in [0.15, 0.2) is 0 Å². The van der Waals surface area contributed by atoms with Gasteiger partial charge < -0.3 is 10.3 Å². The molecule has 0 saturated heterocycles. The van der Waals surface area contributed by atoms with E-state index in [2.05, 4.69) is 15.3 Å². The van der Waals surface area contributed by atoms with Crippen molar-refractivity contribution < 1.29 is 0 Å². The van der Waals surface area contributed by atoms with E-state index in [0.717, 1.165) is 18.9 Å². The summed E-state index contributed by atoms with van der Waals surface area (Å²) < 4.78 is 0. The van der Waals surface area contributed by atoms with Crippen molar-refractivity contribution in [3.63, 3.8) is 0 Å². The summed E-state index contributed by atoms with van der Waals surface area (Å²) in [6.07, 6.45) is 13.4. The van der Waals surface area contributed by atoms with Crippen LogP contribution in [0.1, 0.15) is 44.2 Å². The van der Waals surface area contributed by atoms with Crippen LogP contribution < -0.4 is 5.32 Å². The Morgan fingerprint density at radius 2 is 2.12 bits per heavy atom. The molecule has 1 aromatic heterocycles. The van der Waals surface area contributed by atoms with Crippen LogP contribution in [0.2, 0.25) is 0 Å². The molecule has 1 aliphatic carbocycles. The fraction of sp³-hybridized carbons (Fsp3) is 0.769. The van der Waals surface area contributed by atoms with Gasteiger partial charge in [0.05, 0.1) is 6.33 Å². The highest BCUT2D eigenvalue weighted by Crippen LogP contribution is 2.25. The zero-order valence-corrected chi connectivity index (χ0v) is 10.0. The number of nitrogens with one attached hydrogen (secondary N) is 2. The number of imidazole rings is 1. The molecule has 0 aliphatic heterocycles. The van der Waals surface area contributed by atoms with E-state index in [1.54, 1.807) is 6.33 Å². The Balaban J connectivity index is 1.48. The minimum absolute atomic E-state index is 0.994.